The van der Waals surface area contributed by atoms with Gasteiger partial charge in [0.15, 0.2) is 0 Å². The Morgan fingerprint density at radius 3 is 2.95 bits per heavy atom. The van der Waals surface area contributed by atoms with Gasteiger partial charge in [0.25, 0.3) is 0 Å². The first-order chi connectivity index (χ1) is 9.79. The number of hydrogen-bond donors (Lipinski definition) is 1. The van der Waals surface area contributed by atoms with E-state index in [4.69, 9.17) is 5.73 Å². The lowest BCUT2D eigenvalue weighted by molar-refractivity contribution is 0.231. The van der Waals surface area contributed by atoms with E-state index in [9.17, 15) is 0 Å². The lowest BCUT2D eigenvalue weighted by atomic mass is 9.75. The lowest BCUT2D eigenvalue weighted by Crippen LogP contribution is -2.27. The Bertz CT molecular complexity index is 576. The first-order valence-electron chi connectivity index (χ1n) is 7.74. The second-order valence-electron chi connectivity index (χ2n) is 6.00. The molecule has 1 saturated carbocycles. The summed E-state index contributed by atoms with van der Waals surface area (Å²) >= 11 is 0. The highest BCUT2D eigenvalue weighted by Gasteiger charge is 2.27. The monoisotopic (exact) mass is 269 g/mol. The van der Waals surface area contributed by atoms with Crippen molar-refractivity contribution in [3.05, 3.63) is 36.2 Å². The Kier molecular flexibility index (Phi) is 3.97. The molecule has 1 heterocycles. The van der Waals surface area contributed by atoms with Crippen molar-refractivity contribution in [2.45, 2.75) is 45.1 Å². The van der Waals surface area contributed by atoms with Crippen molar-refractivity contribution < 1.29 is 0 Å². The van der Waals surface area contributed by atoms with Crippen LogP contribution in [0.1, 0.15) is 50.6 Å². The standard InChI is InChI=1S/C17H23N3/c1-2-12-5-3-6-13(11-12)16(18)14-7-4-8-15-17(14)20-10-9-19-15/h4,7-10,12-13,16H,2-3,5-6,11,18H2,1H3. The summed E-state index contributed by atoms with van der Waals surface area (Å²) in [5.74, 6) is 1.43. The molecule has 0 amide bonds. The maximum Gasteiger partial charge on any atom is 0.0934 e. The third-order valence-corrected chi connectivity index (χ3v) is 4.80. The zero-order valence-electron chi connectivity index (χ0n) is 12.1. The van der Waals surface area contributed by atoms with Crippen LogP contribution in [-0.2, 0) is 0 Å². The zero-order chi connectivity index (χ0) is 13.9. The van der Waals surface area contributed by atoms with Crippen LogP contribution in [-0.4, -0.2) is 9.97 Å². The van der Waals surface area contributed by atoms with E-state index >= 15 is 0 Å². The van der Waals surface area contributed by atoms with Crippen LogP contribution in [0.5, 0.6) is 0 Å². The van der Waals surface area contributed by atoms with Crippen LogP contribution in [0.2, 0.25) is 0 Å². The second-order valence-corrected chi connectivity index (χ2v) is 6.00. The van der Waals surface area contributed by atoms with E-state index in [1.165, 1.54) is 32.1 Å². The summed E-state index contributed by atoms with van der Waals surface area (Å²) in [5.41, 5.74) is 9.67. The minimum atomic E-state index is 0.0877. The third kappa shape index (κ3) is 2.55. The van der Waals surface area contributed by atoms with E-state index in [-0.39, 0.29) is 6.04 Å². The van der Waals surface area contributed by atoms with Gasteiger partial charge in [-0.05, 0) is 36.3 Å². The maximum absolute atomic E-state index is 6.58. The summed E-state index contributed by atoms with van der Waals surface area (Å²) in [4.78, 5) is 8.88. The van der Waals surface area contributed by atoms with E-state index in [1.807, 2.05) is 12.1 Å². The van der Waals surface area contributed by atoms with Gasteiger partial charge in [0.05, 0.1) is 11.0 Å². The molecule has 2 aromatic rings. The molecule has 0 aliphatic heterocycles. The highest BCUT2D eigenvalue weighted by molar-refractivity contribution is 5.78. The average molecular weight is 269 g/mol. The first-order valence-corrected chi connectivity index (χ1v) is 7.74. The number of fused-ring (bicyclic) bond motifs is 1. The maximum atomic E-state index is 6.58. The SMILES string of the molecule is CCC1CCCC(C(N)c2cccc3nccnc23)C1. The van der Waals surface area contributed by atoms with Crippen molar-refractivity contribution >= 4 is 11.0 Å². The van der Waals surface area contributed by atoms with Crippen LogP contribution in [0.25, 0.3) is 11.0 Å². The predicted molar refractivity (Wildman–Crippen MR) is 82.2 cm³/mol. The van der Waals surface area contributed by atoms with E-state index in [1.54, 1.807) is 12.4 Å². The van der Waals surface area contributed by atoms with Gasteiger partial charge >= 0.3 is 0 Å². The van der Waals surface area contributed by atoms with Crippen molar-refractivity contribution in [1.29, 1.82) is 0 Å². The minimum Gasteiger partial charge on any atom is -0.324 e. The highest BCUT2D eigenvalue weighted by atomic mass is 14.8. The van der Waals surface area contributed by atoms with E-state index in [0.29, 0.717) is 5.92 Å². The molecule has 3 unspecified atom stereocenters. The topological polar surface area (TPSA) is 51.8 Å². The summed E-state index contributed by atoms with van der Waals surface area (Å²) in [5, 5.41) is 0. The van der Waals surface area contributed by atoms with Crippen molar-refractivity contribution in [1.82, 2.24) is 9.97 Å². The van der Waals surface area contributed by atoms with Gasteiger partial charge in [-0.3, -0.25) is 9.97 Å². The number of nitrogens with zero attached hydrogens (tertiary/aromatic N) is 2. The normalized spacial score (nSPS) is 24.7. The molecular weight excluding hydrogens is 246 g/mol. The second kappa shape index (κ2) is 5.88. The number of hydrogen-bond acceptors (Lipinski definition) is 3. The molecule has 0 radical (unpaired) electrons. The molecule has 20 heavy (non-hydrogen) atoms. The van der Waals surface area contributed by atoms with Crippen molar-refractivity contribution in [2.24, 2.45) is 17.6 Å². The molecule has 1 fully saturated rings. The van der Waals surface area contributed by atoms with Gasteiger partial charge in [0, 0.05) is 18.4 Å². The Morgan fingerprint density at radius 1 is 1.25 bits per heavy atom. The van der Waals surface area contributed by atoms with Crippen LogP contribution in [0.4, 0.5) is 0 Å². The Balaban J connectivity index is 1.90. The van der Waals surface area contributed by atoms with Gasteiger partial charge in [0.2, 0.25) is 0 Å². The Hall–Kier alpha value is -1.48. The molecule has 1 aromatic heterocycles. The highest BCUT2D eigenvalue weighted by Crippen LogP contribution is 2.38. The molecule has 2 N–H and O–H groups in total. The minimum absolute atomic E-state index is 0.0877. The summed E-state index contributed by atoms with van der Waals surface area (Å²) in [6.45, 7) is 2.29. The first kappa shape index (κ1) is 13.5. The molecule has 106 valence electrons. The van der Waals surface area contributed by atoms with Crippen molar-refractivity contribution in [3.63, 3.8) is 0 Å². The molecular formula is C17H23N3. The molecule has 3 nitrogen and oxygen atoms in total. The molecule has 0 spiro atoms. The third-order valence-electron chi connectivity index (χ3n) is 4.80. The van der Waals surface area contributed by atoms with Crippen molar-refractivity contribution in [2.75, 3.05) is 0 Å². The quantitative estimate of drug-likeness (QED) is 0.921. The molecule has 3 atom stereocenters. The van der Waals surface area contributed by atoms with Gasteiger partial charge < -0.3 is 5.73 Å². The largest absolute Gasteiger partial charge is 0.324 e. The van der Waals surface area contributed by atoms with Crippen molar-refractivity contribution in [3.8, 4) is 0 Å². The van der Waals surface area contributed by atoms with Crippen LogP contribution < -0.4 is 5.73 Å². The van der Waals surface area contributed by atoms with Gasteiger partial charge in [-0.25, -0.2) is 0 Å². The van der Waals surface area contributed by atoms with Gasteiger partial charge in [-0.2, -0.15) is 0 Å². The van der Waals surface area contributed by atoms with E-state index in [0.717, 1.165) is 22.5 Å². The van der Waals surface area contributed by atoms with Crippen LogP contribution >= 0.6 is 0 Å². The van der Waals surface area contributed by atoms with Gasteiger partial charge in [-0.1, -0.05) is 38.3 Å². The number of rotatable bonds is 3. The summed E-state index contributed by atoms with van der Waals surface area (Å²) < 4.78 is 0. The number of para-hydroxylation sites is 1. The summed E-state index contributed by atoms with van der Waals surface area (Å²) in [6, 6.07) is 6.27. The lowest BCUT2D eigenvalue weighted by Gasteiger charge is -2.32. The zero-order valence-corrected chi connectivity index (χ0v) is 12.1. The average Bonchev–Trinajstić information content (AvgIpc) is 2.53. The number of aromatic nitrogens is 2. The fourth-order valence-electron chi connectivity index (χ4n) is 3.57. The smallest absolute Gasteiger partial charge is 0.0934 e. The number of benzene rings is 1. The Labute approximate surface area is 120 Å². The van der Waals surface area contributed by atoms with Gasteiger partial charge in [0.1, 0.15) is 0 Å². The molecule has 1 aliphatic carbocycles. The summed E-state index contributed by atoms with van der Waals surface area (Å²) in [7, 11) is 0. The number of nitrogens with two attached hydrogens (primary N) is 1. The molecule has 0 saturated heterocycles. The van der Waals surface area contributed by atoms with Crippen LogP contribution in [0.15, 0.2) is 30.6 Å². The predicted octanol–water partition coefficient (Wildman–Crippen LogP) is 3.85. The molecule has 0 bridgehead atoms. The van der Waals surface area contributed by atoms with Crippen LogP contribution in [0.3, 0.4) is 0 Å². The molecule has 3 rings (SSSR count). The van der Waals surface area contributed by atoms with E-state index < -0.39 is 0 Å². The molecule has 3 heteroatoms. The summed E-state index contributed by atoms with van der Waals surface area (Å²) in [6.07, 6.45) is 9.96. The Morgan fingerprint density at radius 2 is 2.10 bits per heavy atom. The van der Waals surface area contributed by atoms with Gasteiger partial charge in [-0.15, -0.1) is 0 Å². The fourth-order valence-corrected chi connectivity index (χ4v) is 3.57. The van der Waals surface area contributed by atoms with Crippen LogP contribution in [0, 0.1) is 11.8 Å². The fraction of sp³-hybridized carbons (Fsp3) is 0.529. The molecule has 1 aromatic carbocycles. The molecule has 1 aliphatic rings. The van der Waals surface area contributed by atoms with E-state index in [2.05, 4.69) is 23.0 Å².